The molecule has 0 saturated carbocycles. The van der Waals surface area contributed by atoms with Crippen molar-refractivity contribution in [3.63, 3.8) is 0 Å². The molecular formula is C33H38Cl2N3O3+. The molecule has 0 radical (unpaired) electrons. The van der Waals surface area contributed by atoms with Crippen LogP contribution in [0.25, 0.3) is 0 Å². The van der Waals surface area contributed by atoms with E-state index in [9.17, 15) is 9.59 Å². The molecule has 2 fully saturated rings. The molecule has 8 heteroatoms. The molecule has 2 saturated heterocycles. The highest BCUT2D eigenvalue weighted by Gasteiger charge is 2.46. The van der Waals surface area contributed by atoms with Crippen LogP contribution in [0, 0.1) is 0 Å². The highest BCUT2D eigenvalue weighted by atomic mass is 35.5. The highest BCUT2D eigenvalue weighted by Crippen LogP contribution is 2.35. The van der Waals surface area contributed by atoms with E-state index >= 15 is 0 Å². The van der Waals surface area contributed by atoms with E-state index in [1.54, 1.807) is 6.92 Å². The first-order valence-corrected chi connectivity index (χ1v) is 15.1. The topological polar surface area (TPSA) is 58.6 Å². The average molecular weight is 596 g/mol. The zero-order chi connectivity index (χ0) is 28.9. The van der Waals surface area contributed by atoms with Gasteiger partial charge in [-0.1, -0.05) is 89.9 Å². The van der Waals surface area contributed by atoms with Crippen LogP contribution in [-0.4, -0.2) is 60.7 Å². The third kappa shape index (κ3) is 6.95. The normalized spacial score (nSPS) is 22.6. The average Bonchev–Trinajstić information content (AvgIpc) is 2.98. The summed E-state index contributed by atoms with van der Waals surface area (Å²) in [5.41, 5.74) is 2.97. The molecule has 2 aliphatic heterocycles. The number of halogens is 2. The maximum atomic E-state index is 13.5. The Balaban J connectivity index is 1.28. The van der Waals surface area contributed by atoms with Gasteiger partial charge in [-0.15, -0.1) is 0 Å². The summed E-state index contributed by atoms with van der Waals surface area (Å²) in [5, 5.41) is 4.29. The highest BCUT2D eigenvalue weighted by molar-refractivity contribution is 6.42. The molecule has 0 bridgehead atoms. The zero-order valence-corrected chi connectivity index (χ0v) is 25.0. The number of carbonyl (C=O) groups is 2. The molecule has 2 atom stereocenters. The summed E-state index contributed by atoms with van der Waals surface area (Å²) in [6.45, 7) is 6.47. The lowest BCUT2D eigenvalue weighted by molar-refractivity contribution is -0.878. The van der Waals surface area contributed by atoms with Crippen molar-refractivity contribution in [2.24, 2.45) is 0 Å². The molecule has 2 unspecified atom stereocenters. The second-order valence-corrected chi connectivity index (χ2v) is 12.3. The number of likely N-dealkylation sites (tertiary alicyclic amines) is 1. The fraction of sp³-hybridized carbons (Fsp3) is 0.394. The van der Waals surface area contributed by atoms with Crippen molar-refractivity contribution < 1.29 is 18.8 Å². The molecule has 0 aliphatic carbocycles. The molecule has 1 N–H and O–H groups in total. The molecule has 0 aromatic heterocycles. The Morgan fingerprint density at radius 1 is 1.00 bits per heavy atom. The van der Waals surface area contributed by atoms with Gasteiger partial charge in [0.2, 0.25) is 5.91 Å². The number of amides is 2. The number of piperidine rings is 1. The van der Waals surface area contributed by atoms with Gasteiger partial charge in [0.1, 0.15) is 13.2 Å². The monoisotopic (exact) mass is 594 g/mol. The fourth-order valence-corrected chi connectivity index (χ4v) is 6.79. The standard InChI is InChI=1S/C33H37Cl2N3O3/c1-25(39)36-33(29-11-6-3-7-12-29)15-18-37(19-16-33)17-8-20-38(22-26-9-4-2-5-10-26)23-28(24-41-32(38)40)27-13-14-30(34)31(35)21-27/h2-7,9-14,21,28H,8,15-20,22-24H2,1H3/p+1. The minimum atomic E-state index is -0.339. The predicted molar refractivity (Wildman–Crippen MR) is 163 cm³/mol. The van der Waals surface area contributed by atoms with Crippen LogP contribution in [-0.2, 0) is 21.6 Å². The number of hydrogen-bond donors (Lipinski definition) is 1. The molecule has 3 aromatic rings. The number of hydrogen-bond acceptors (Lipinski definition) is 4. The van der Waals surface area contributed by atoms with Gasteiger partial charge < -0.3 is 15.0 Å². The molecule has 0 spiro atoms. The number of quaternary nitrogens is 1. The van der Waals surface area contributed by atoms with Crippen molar-refractivity contribution >= 4 is 35.2 Å². The van der Waals surface area contributed by atoms with Crippen LogP contribution < -0.4 is 5.32 Å². The molecule has 216 valence electrons. The Bertz CT molecular complexity index is 1350. The Labute approximate surface area is 252 Å². The van der Waals surface area contributed by atoms with E-state index in [0.717, 1.165) is 55.6 Å². The Morgan fingerprint density at radius 3 is 2.34 bits per heavy atom. The van der Waals surface area contributed by atoms with Gasteiger partial charge in [0, 0.05) is 38.5 Å². The smallest absolute Gasteiger partial charge is 0.419 e. The summed E-state index contributed by atoms with van der Waals surface area (Å²) in [7, 11) is 0. The van der Waals surface area contributed by atoms with Gasteiger partial charge in [-0.3, -0.25) is 4.79 Å². The Hall–Kier alpha value is -2.90. The van der Waals surface area contributed by atoms with Gasteiger partial charge in [-0.25, -0.2) is 4.48 Å². The molecular weight excluding hydrogens is 557 g/mol. The number of cyclic esters (lactones) is 1. The first-order valence-electron chi connectivity index (χ1n) is 14.4. The van der Waals surface area contributed by atoms with Crippen LogP contribution in [0.5, 0.6) is 0 Å². The van der Waals surface area contributed by atoms with Gasteiger partial charge in [-0.2, -0.15) is 4.79 Å². The van der Waals surface area contributed by atoms with E-state index in [0.29, 0.717) is 36.3 Å². The SMILES string of the molecule is CC(=O)NC1(c2ccccc2)CCN(CCC[N+]2(Cc3ccccc3)CC(c3ccc(Cl)c(Cl)c3)COC2=O)CC1. The van der Waals surface area contributed by atoms with Crippen molar-refractivity contribution in [3.05, 3.63) is 106 Å². The zero-order valence-electron chi connectivity index (χ0n) is 23.5. The maximum Gasteiger partial charge on any atom is 0.516 e. The van der Waals surface area contributed by atoms with Crippen molar-refractivity contribution in [1.29, 1.82) is 0 Å². The van der Waals surface area contributed by atoms with Gasteiger partial charge in [0.05, 0.1) is 34.6 Å². The lowest BCUT2D eigenvalue weighted by Gasteiger charge is -2.43. The summed E-state index contributed by atoms with van der Waals surface area (Å²) < 4.78 is 6.10. The van der Waals surface area contributed by atoms with E-state index < -0.39 is 0 Å². The number of rotatable bonds is 9. The van der Waals surface area contributed by atoms with Crippen LogP contribution in [0.15, 0.2) is 78.9 Å². The number of nitrogens with zero attached hydrogens (tertiary/aromatic N) is 2. The maximum absolute atomic E-state index is 13.5. The van der Waals surface area contributed by atoms with E-state index in [1.165, 1.54) is 0 Å². The number of ether oxygens (including phenoxy) is 1. The number of nitrogens with one attached hydrogen (secondary N) is 1. The summed E-state index contributed by atoms with van der Waals surface area (Å²) in [6, 6.07) is 26.1. The van der Waals surface area contributed by atoms with Crippen LogP contribution in [0.3, 0.4) is 0 Å². The Kier molecular flexibility index (Phi) is 9.35. The summed E-state index contributed by atoms with van der Waals surface area (Å²) in [4.78, 5) is 28.1. The quantitative estimate of drug-likeness (QED) is 0.278. The van der Waals surface area contributed by atoms with Gasteiger partial charge in [0.15, 0.2) is 0 Å². The van der Waals surface area contributed by atoms with Crippen molar-refractivity contribution in [2.75, 3.05) is 39.3 Å². The van der Waals surface area contributed by atoms with Crippen molar-refractivity contribution in [3.8, 4) is 0 Å². The second kappa shape index (κ2) is 13.0. The van der Waals surface area contributed by atoms with E-state index in [2.05, 4.69) is 34.5 Å². The van der Waals surface area contributed by atoms with Crippen LogP contribution in [0.4, 0.5) is 4.79 Å². The van der Waals surface area contributed by atoms with Crippen molar-refractivity contribution in [2.45, 2.75) is 44.2 Å². The summed E-state index contributed by atoms with van der Waals surface area (Å²) in [5.74, 6) is 0.0279. The van der Waals surface area contributed by atoms with Crippen LogP contribution in [0.2, 0.25) is 10.0 Å². The molecule has 2 aliphatic rings. The van der Waals surface area contributed by atoms with Gasteiger partial charge in [0.25, 0.3) is 0 Å². The third-order valence-electron chi connectivity index (χ3n) is 8.62. The molecule has 2 heterocycles. The van der Waals surface area contributed by atoms with E-state index in [4.69, 9.17) is 27.9 Å². The van der Waals surface area contributed by atoms with Crippen LogP contribution >= 0.6 is 23.2 Å². The molecule has 6 nitrogen and oxygen atoms in total. The van der Waals surface area contributed by atoms with Gasteiger partial charge in [-0.05, 0) is 36.1 Å². The molecule has 2 amide bonds. The minimum Gasteiger partial charge on any atom is -0.419 e. The first kappa shape index (κ1) is 29.6. The van der Waals surface area contributed by atoms with E-state index in [-0.39, 0.29) is 27.9 Å². The molecule has 3 aromatic carbocycles. The first-order chi connectivity index (χ1) is 19.8. The summed E-state index contributed by atoms with van der Waals surface area (Å²) >= 11 is 12.5. The number of carbonyl (C=O) groups excluding carboxylic acids is 2. The predicted octanol–water partition coefficient (Wildman–Crippen LogP) is 6.76. The van der Waals surface area contributed by atoms with Crippen LogP contribution in [0.1, 0.15) is 48.8 Å². The lowest BCUT2D eigenvalue weighted by atomic mass is 9.80. The lowest BCUT2D eigenvalue weighted by Crippen LogP contribution is -2.59. The Morgan fingerprint density at radius 2 is 1.68 bits per heavy atom. The summed E-state index contributed by atoms with van der Waals surface area (Å²) in [6.07, 6.45) is 2.39. The van der Waals surface area contributed by atoms with Crippen molar-refractivity contribution in [1.82, 2.24) is 10.2 Å². The third-order valence-corrected chi connectivity index (χ3v) is 9.36. The van der Waals surface area contributed by atoms with Gasteiger partial charge >= 0.3 is 6.09 Å². The largest absolute Gasteiger partial charge is 0.516 e. The second-order valence-electron chi connectivity index (χ2n) is 11.5. The molecule has 5 rings (SSSR count). The van der Waals surface area contributed by atoms with E-state index in [1.807, 2.05) is 54.6 Å². The molecule has 41 heavy (non-hydrogen) atoms. The fourth-order valence-electron chi connectivity index (χ4n) is 6.48. The minimum absolute atomic E-state index is 0.00482. The number of benzene rings is 3.